The van der Waals surface area contributed by atoms with Crippen molar-refractivity contribution in [3.8, 4) is 5.75 Å². The maximum atomic E-state index is 10.3. The number of aromatic hydroxyl groups is 1. The lowest BCUT2D eigenvalue weighted by Crippen LogP contribution is -2.39. The molecule has 0 spiro atoms. The van der Waals surface area contributed by atoms with Crippen molar-refractivity contribution < 1.29 is 34.8 Å². The number of hydrogen-bond donors (Lipinski definition) is 5. The lowest BCUT2D eigenvalue weighted by molar-refractivity contribution is -0.150. The summed E-state index contributed by atoms with van der Waals surface area (Å²) in [6.45, 7) is 3.06. The Morgan fingerprint density at radius 1 is 1.20 bits per heavy atom. The molecule has 1 aromatic rings. The van der Waals surface area contributed by atoms with E-state index >= 15 is 0 Å². The molecular weight excluding hydrogens is 270 g/mol. The molecule has 108 valence electrons. The van der Waals surface area contributed by atoms with Crippen LogP contribution in [-0.4, -0.2) is 44.5 Å². The molecule has 0 fully saturated rings. The Bertz CT molecular complexity index is 512. The Morgan fingerprint density at radius 3 is 2.10 bits per heavy atom. The van der Waals surface area contributed by atoms with Crippen LogP contribution < -0.4 is 5.32 Å². The third-order valence-electron chi connectivity index (χ3n) is 1.83. The predicted octanol–water partition coefficient (Wildman–Crippen LogP) is -0.218. The minimum Gasteiger partial charge on any atom is -0.507 e. The molecule has 1 unspecified atom stereocenters. The summed E-state index contributed by atoms with van der Waals surface area (Å²) in [6.07, 6.45) is -0.989. The Balaban J connectivity index is 0.000000361. The number of hydrogen-bond acceptors (Lipinski definition) is 5. The van der Waals surface area contributed by atoms with E-state index < -0.39 is 24.1 Å². The van der Waals surface area contributed by atoms with Crippen molar-refractivity contribution in [2.75, 3.05) is 0 Å². The van der Waals surface area contributed by atoms with Gasteiger partial charge in [-0.25, -0.2) is 9.59 Å². The Hall–Kier alpha value is -2.87. The summed E-state index contributed by atoms with van der Waals surface area (Å²) >= 11 is 0. The maximum Gasteiger partial charge on any atom is 0.353 e. The summed E-state index contributed by atoms with van der Waals surface area (Å²) in [5, 5.41) is 35.5. The second-order valence-electron chi connectivity index (χ2n) is 3.28. The third-order valence-corrected chi connectivity index (χ3v) is 1.83. The fourth-order valence-corrected chi connectivity index (χ4v) is 0.910. The van der Waals surface area contributed by atoms with Crippen molar-refractivity contribution >= 4 is 17.8 Å². The third kappa shape index (κ3) is 6.17. The number of aliphatic hydroxyl groups excluding tert-OH is 1. The van der Waals surface area contributed by atoms with E-state index in [4.69, 9.17) is 20.4 Å². The number of aromatic carboxylic acids is 1. The van der Waals surface area contributed by atoms with Crippen LogP contribution in [-0.2, 0) is 9.59 Å². The van der Waals surface area contributed by atoms with Crippen molar-refractivity contribution in [2.45, 2.75) is 6.23 Å². The molecule has 1 atom stereocenters. The number of phenols is 1. The molecule has 8 heteroatoms. The second kappa shape index (κ2) is 8.27. The summed E-state index contributed by atoms with van der Waals surface area (Å²) in [4.78, 5) is 30.4. The van der Waals surface area contributed by atoms with Crippen LogP contribution >= 0.6 is 0 Å². The number of carbonyl (C=O) groups excluding carboxylic acids is 1. The largest absolute Gasteiger partial charge is 0.507 e. The van der Waals surface area contributed by atoms with Crippen molar-refractivity contribution in [2.24, 2.45) is 0 Å². The first-order valence-electron chi connectivity index (χ1n) is 5.14. The molecule has 0 aromatic heterocycles. The minimum atomic E-state index is -1.86. The molecule has 0 aliphatic heterocycles. The molecule has 0 saturated carbocycles. The van der Waals surface area contributed by atoms with Gasteiger partial charge in [0, 0.05) is 0 Å². The average molecular weight is 283 g/mol. The molecule has 0 aliphatic rings. The predicted molar refractivity (Wildman–Crippen MR) is 67.0 cm³/mol. The zero-order valence-corrected chi connectivity index (χ0v) is 10.2. The molecule has 1 aromatic carbocycles. The van der Waals surface area contributed by atoms with E-state index in [2.05, 4.69) is 6.58 Å². The number of aliphatic hydroxyl groups is 1. The number of carboxylic acid groups (broad SMARTS) is 2. The van der Waals surface area contributed by atoms with Crippen LogP contribution in [0.3, 0.4) is 0 Å². The van der Waals surface area contributed by atoms with Gasteiger partial charge < -0.3 is 25.7 Å². The summed E-state index contributed by atoms with van der Waals surface area (Å²) < 4.78 is 0. The zero-order chi connectivity index (χ0) is 15.7. The maximum absolute atomic E-state index is 10.3. The van der Waals surface area contributed by atoms with Gasteiger partial charge in [-0.3, -0.25) is 4.79 Å². The van der Waals surface area contributed by atoms with Crippen LogP contribution in [0.25, 0.3) is 0 Å². The van der Waals surface area contributed by atoms with Gasteiger partial charge in [0.2, 0.25) is 12.1 Å². The number of aliphatic carboxylic acids is 1. The van der Waals surface area contributed by atoms with E-state index in [1.807, 2.05) is 0 Å². The number of rotatable bonds is 4. The van der Waals surface area contributed by atoms with Crippen molar-refractivity contribution in [3.63, 3.8) is 0 Å². The van der Waals surface area contributed by atoms with Crippen LogP contribution in [0, 0.1) is 0 Å². The Labute approximate surface area is 113 Å². The SMILES string of the molecule is C=CC(=O)NC(O)C(=O)O.O=C(O)c1ccccc1O. The number of amides is 1. The standard InChI is InChI=1S/C7H6O3.C5H7NO4/c8-6-4-2-1-3-5(6)7(9)10;1-2-3(7)6-4(8)5(9)10/h1-4,8H,(H,9,10);2,4,8H,1H2,(H,6,7)(H,9,10). The summed E-state index contributed by atoms with van der Waals surface area (Å²) in [6, 6.07) is 5.81. The highest BCUT2D eigenvalue weighted by Gasteiger charge is 2.13. The average Bonchev–Trinajstić information content (AvgIpc) is 2.39. The van der Waals surface area contributed by atoms with Crippen LogP contribution in [0.5, 0.6) is 5.75 Å². The molecule has 5 N–H and O–H groups in total. The first-order chi connectivity index (χ1) is 9.29. The molecule has 0 bridgehead atoms. The van der Waals surface area contributed by atoms with Gasteiger partial charge in [0.05, 0.1) is 0 Å². The van der Waals surface area contributed by atoms with Gasteiger partial charge in [0.15, 0.2) is 0 Å². The first kappa shape index (κ1) is 17.1. The lowest BCUT2D eigenvalue weighted by Gasteiger charge is -2.03. The van der Waals surface area contributed by atoms with Crippen LogP contribution in [0.1, 0.15) is 10.4 Å². The number of para-hydroxylation sites is 1. The van der Waals surface area contributed by atoms with Gasteiger partial charge in [-0.15, -0.1) is 0 Å². The highest BCUT2D eigenvalue weighted by atomic mass is 16.4. The topological polar surface area (TPSA) is 144 Å². The van der Waals surface area contributed by atoms with E-state index in [9.17, 15) is 14.4 Å². The van der Waals surface area contributed by atoms with Crippen molar-refractivity contribution in [1.82, 2.24) is 5.32 Å². The molecule has 1 rings (SSSR count). The molecule has 1 amide bonds. The number of carbonyl (C=O) groups is 3. The van der Waals surface area contributed by atoms with Gasteiger partial charge in [-0.2, -0.15) is 0 Å². The van der Waals surface area contributed by atoms with E-state index in [-0.39, 0.29) is 11.3 Å². The Morgan fingerprint density at radius 2 is 1.75 bits per heavy atom. The van der Waals surface area contributed by atoms with Gasteiger partial charge >= 0.3 is 11.9 Å². The first-order valence-corrected chi connectivity index (χ1v) is 5.14. The van der Waals surface area contributed by atoms with Crippen LogP contribution in [0.2, 0.25) is 0 Å². The number of carboxylic acids is 2. The summed E-state index contributed by atoms with van der Waals surface area (Å²) in [7, 11) is 0. The smallest absolute Gasteiger partial charge is 0.353 e. The second-order valence-corrected chi connectivity index (χ2v) is 3.28. The van der Waals surface area contributed by atoms with Gasteiger partial charge in [-0.05, 0) is 18.2 Å². The molecule has 0 heterocycles. The molecule has 0 aliphatic carbocycles. The van der Waals surface area contributed by atoms with Crippen molar-refractivity contribution in [1.29, 1.82) is 0 Å². The highest BCUT2D eigenvalue weighted by Crippen LogP contribution is 2.14. The number of nitrogens with one attached hydrogen (secondary N) is 1. The fraction of sp³-hybridized carbons (Fsp3) is 0.0833. The van der Waals surface area contributed by atoms with E-state index in [0.29, 0.717) is 0 Å². The molecule has 8 nitrogen and oxygen atoms in total. The van der Waals surface area contributed by atoms with E-state index in [1.165, 1.54) is 12.1 Å². The van der Waals surface area contributed by atoms with E-state index in [0.717, 1.165) is 6.08 Å². The van der Waals surface area contributed by atoms with Gasteiger partial charge in [0.1, 0.15) is 11.3 Å². The van der Waals surface area contributed by atoms with Crippen molar-refractivity contribution in [3.05, 3.63) is 42.5 Å². The zero-order valence-electron chi connectivity index (χ0n) is 10.2. The molecular formula is C12H13NO7. The minimum absolute atomic E-state index is 0.0671. The normalized spacial score (nSPS) is 10.4. The fourth-order valence-electron chi connectivity index (χ4n) is 0.910. The lowest BCUT2D eigenvalue weighted by atomic mass is 10.2. The number of benzene rings is 1. The summed E-state index contributed by atoms with van der Waals surface area (Å²) in [5.41, 5.74) is -0.0671. The van der Waals surface area contributed by atoms with Gasteiger partial charge in [-0.1, -0.05) is 18.7 Å². The molecule has 0 saturated heterocycles. The molecule has 0 radical (unpaired) electrons. The highest BCUT2D eigenvalue weighted by molar-refractivity contribution is 5.90. The monoisotopic (exact) mass is 283 g/mol. The molecule has 20 heavy (non-hydrogen) atoms. The van der Waals surface area contributed by atoms with Crippen LogP contribution in [0.15, 0.2) is 36.9 Å². The van der Waals surface area contributed by atoms with Gasteiger partial charge in [0.25, 0.3) is 0 Å². The van der Waals surface area contributed by atoms with E-state index in [1.54, 1.807) is 17.4 Å². The Kier molecular flexibility index (Phi) is 7.08. The summed E-state index contributed by atoms with van der Waals surface area (Å²) in [5.74, 6) is -3.54. The quantitative estimate of drug-likeness (QED) is 0.379. The van der Waals surface area contributed by atoms with Crippen LogP contribution in [0.4, 0.5) is 0 Å².